The van der Waals surface area contributed by atoms with Crippen molar-refractivity contribution in [2.45, 2.75) is 89.7 Å². The van der Waals surface area contributed by atoms with E-state index in [2.05, 4.69) is 33.9 Å². The molecule has 0 amide bonds. The van der Waals surface area contributed by atoms with Gasteiger partial charge >= 0.3 is 0 Å². The SMILES string of the molecule is CC1(C)OC2[C@@H](CO[Si](C)(C)C(C)(C)C)C3(CC3)[C@@H](O)[C@H]2O1. The van der Waals surface area contributed by atoms with Gasteiger partial charge in [0.1, 0.15) is 6.10 Å². The Morgan fingerprint density at radius 3 is 2.18 bits per heavy atom. The minimum atomic E-state index is -1.79. The first kappa shape index (κ1) is 16.9. The van der Waals surface area contributed by atoms with Crippen molar-refractivity contribution in [1.82, 2.24) is 0 Å². The Kier molecular flexibility index (Phi) is 3.68. The first-order valence-electron chi connectivity index (χ1n) is 8.57. The molecule has 128 valence electrons. The summed E-state index contributed by atoms with van der Waals surface area (Å²) in [5, 5.41) is 10.9. The van der Waals surface area contributed by atoms with Crippen LogP contribution >= 0.6 is 0 Å². The van der Waals surface area contributed by atoms with Crippen LogP contribution in [0.2, 0.25) is 18.1 Å². The fourth-order valence-electron chi connectivity index (χ4n) is 3.83. The summed E-state index contributed by atoms with van der Waals surface area (Å²) in [6.45, 7) is 15.9. The third kappa shape index (κ3) is 2.49. The summed E-state index contributed by atoms with van der Waals surface area (Å²) in [5.74, 6) is -0.342. The lowest BCUT2D eigenvalue weighted by atomic mass is 9.91. The van der Waals surface area contributed by atoms with Crippen LogP contribution in [0.4, 0.5) is 0 Å². The number of rotatable bonds is 3. The van der Waals surface area contributed by atoms with Crippen LogP contribution in [0, 0.1) is 11.3 Å². The van der Waals surface area contributed by atoms with E-state index in [0.717, 1.165) is 12.8 Å². The summed E-state index contributed by atoms with van der Waals surface area (Å²) in [5.41, 5.74) is -0.0196. The Bertz CT molecular complexity index is 450. The van der Waals surface area contributed by atoms with Gasteiger partial charge in [-0.05, 0) is 44.8 Å². The Balaban J connectivity index is 1.75. The third-order valence-electron chi connectivity index (χ3n) is 6.46. The zero-order valence-electron chi connectivity index (χ0n) is 15.1. The molecular weight excluding hydrogens is 296 g/mol. The van der Waals surface area contributed by atoms with Gasteiger partial charge in [0.2, 0.25) is 0 Å². The Morgan fingerprint density at radius 2 is 1.68 bits per heavy atom. The molecule has 5 heteroatoms. The van der Waals surface area contributed by atoms with Gasteiger partial charge in [-0.15, -0.1) is 0 Å². The lowest BCUT2D eigenvalue weighted by molar-refractivity contribution is -0.178. The maximum Gasteiger partial charge on any atom is 0.191 e. The van der Waals surface area contributed by atoms with Crippen molar-refractivity contribution in [1.29, 1.82) is 0 Å². The minimum absolute atomic E-state index is 0.0196. The number of aliphatic hydroxyl groups is 1. The van der Waals surface area contributed by atoms with Gasteiger partial charge in [-0.3, -0.25) is 0 Å². The van der Waals surface area contributed by atoms with Crippen LogP contribution in [-0.4, -0.2) is 44.1 Å². The van der Waals surface area contributed by atoms with Crippen molar-refractivity contribution >= 4 is 8.32 Å². The van der Waals surface area contributed by atoms with Gasteiger partial charge in [0.05, 0.1) is 12.2 Å². The van der Waals surface area contributed by atoms with Gasteiger partial charge < -0.3 is 19.0 Å². The molecule has 1 heterocycles. The molecule has 1 saturated heterocycles. The van der Waals surface area contributed by atoms with E-state index < -0.39 is 20.2 Å². The molecule has 2 saturated carbocycles. The van der Waals surface area contributed by atoms with E-state index in [-0.39, 0.29) is 28.6 Å². The van der Waals surface area contributed by atoms with Crippen LogP contribution in [0.1, 0.15) is 47.5 Å². The van der Waals surface area contributed by atoms with Crippen LogP contribution in [0.5, 0.6) is 0 Å². The van der Waals surface area contributed by atoms with Crippen molar-refractivity contribution in [3.8, 4) is 0 Å². The van der Waals surface area contributed by atoms with Gasteiger partial charge in [-0.25, -0.2) is 0 Å². The molecule has 22 heavy (non-hydrogen) atoms. The van der Waals surface area contributed by atoms with Crippen molar-refractivity contribution in [2.24, 2.45) is 11.3 Å². The molecule has 3 fully saturated rings. The zero-order valence-corrected chi connectivity index (χ0v) is 16.1. The Hall–Kier alpha value is 0.0569. The average Bonchev–Trinajstić information content (AvgIpc) is 3.03. The summed E-state index contributed by atoms with van der Waals surface area (Å²) in [7, 11) is -1.79. The molecule has 1 N–H and O–H groups in total. The monoisotopic (exact) mass is 328 g/mol. The molecule has 1 spiro atoms. The molecule has 4 atom stereocenters. The predicted molar refractivity (Wildman–Crippen MR) is 88.1 cm³/mol. The first-order valence-corrected chi connectivity index (χ1v) is 11.5. The Labute approximate surface area is 135 Å². The van der Waals surface area contributed by atoms with Gasteiger partial charge in [0, 0.05) is 17.9 Å². The van der Waals surface area contributed by atoms with Crippen molar-refractivity contribution in [3.05, 3.63) is 0 Å². The van der Waals surface area contributed by atoms with E-state index >= 15 is 0 Å². The fourth-order valence-corrected chi connectivity index (χ4v) is 4.86. The number of hydrogen-bond acceptors (Lipinski definition) is 4. The summed E-state index contributed by atoms with van der Waals surface area (Å²) < 4.78 is 18.6. The maximum absolute atomic E-state index is 10.7. The van der Waals surface area contributed by atoms with Gasteiger partial charge in [-0.1, -0.05) is 20.8 Å². The van der Waals surface area contributed by atoms with Crippen LogP contribution in [0.25, 0.3) is 0 Å². The van der Waals surface area contributed by atoms with Crippen LogP contribution < -0.4 is 0 Å². The molecule has 3 aliphatic rings. The second kappa shape index (κ2) is 4.79. The smallest absolute Gasteiger partial charge is 0.191 e. The highest BCUT2D eigenvalue weighted by Crippen LogP contribution is 2.64. The second-order valence-electron chi connectivity index (χ2n) is 9.42. The lowest BCUT2D eigenvalue weighted by Gasteiger charge is -2.38. The molecule has 0 aromatic rings. The summed E-state index contributed by atoms with van der Waals surface area (Å²) >= 11 is 0. The first-order chi connectivity index (χ1) is 9.90. The lowest BCUT2D eigenvalue weighted by Crippen LogP contribution is -2.44. The quantitative estimate of drug-likeness (QED) is 0.808. The molecule has 1 unspecified atom stereocenters. The van der Waals surface area contributed by atoms with Crippen molar-refractivity contribution in [3.63, 3.8) is 0 Å². The summed E-state index contributed by atoms with van der Waals surface area (Å²) in [6, 6.07) is 0. The molecule has 2 aliphatic carbocycles. The van der Waals surface area contributed by atoms with E-state index in [1.165, 1.54) is 0 Å². The highest BCUT2D eigenvalue weighted by Gasteiger charge is 2.70. The molecule has 4 nitrogen and oxygen atoms in total. The van der Waals surface area contributed by atoms with E-state index in [9.17, 15) is 5.11 Å². The molecule has 3 rings (SSSR count). The largest absolute Gasteiger partial charge is 0.416 e. The van der Waals surface area contributed by atoms with Crippen molar-refractivity contribution < 1.29 is 19.0 Å². The highest BCUT2D eigenvalue weighted by atomic mass is 28.4. The average molecular weight is 329 g/mol. The van der Waals surface area contributed by atoms with Crippen LogP contribution in [-0.2, 0) is 13.9 Å². The van der Waals surface area contributed by atoms with E-state index in [1.807, 2.05) is 13.8 Å². The number of ether oxygens (including phenoxy) is 2. The molecule has 0 aromatic carbocycles. The standard InChI is InChI=1S/C17H32O4Si/c1-15(2,3)22(6,7)19-10-11-12-13(21-16(4,5)20-12)14(18)17(11)8-9-17/h11-14,18H,8-10H2,1-7H3/t11-,12?,13+,14+/m1/s1. The molecule has 0 bridgehead atoms. The number of hydrogen-bond donors (Lipinski definition) is 1. The minimum Gasteiger partial charge on any atom is -0.416 e. The topological polar surface area (TPSA) is 47.9 Å². The van der Waals surface area contributed by atoms with Crippen molar-refractivity contribution in [2.75, 3.05) is 6.61 Å². The summed E-state index contributed by atoms with van der Waals surface area (Å²) in [6.07, 6.45) is 1.51. The van der Waals surface area contributed by atoms with Crippen LogP contribution in [0.15, 0.2) is 0 Å². The highest BCUT2D eigenvalue weighted by molar-refractivity contribution is 6.74. The second-order valence-corrected chi connectivity index (χ2v) is 14.2. The van der Waals surface area contributed by atoms with E-state index in [1.54, 1.807) is 0 Å². The van der Waals surface area contributed by atoms with Crippen LogP contribution in [0.3, 0.4) is 0 Å². The maximum atomic E-state index is 10.7. The fraction of sp³-hybridized carbons (Fsp3) is 1.00. The molecule has 0 radical (unpaired) electrons. The number of fused-ring (bicyclic) bond motifs is 1. The number of aliphatic hydroxyl groups excluding tert-OH is 1. The third-order valence-corrected chi connectivity index (χ3v) is 11.0. The van der Waals surface area contributed by atoms with Gasteiger partial charge in [0.25, 0.3) is 0 Å². The normalized spacial score (nSPS) is 39.3. The predicted octanol–water partition coefficient (Wildman–Crippen LogP) is 3.30. The zero-order chi connectivity index (χ0) is 16.6. The molecule has 1 aliphatic heterocycles. The Morgan fingerprint density at radius 1 is 1.14 bits per heavy atom. The summed E-state index contributed by atoms with van der Waals surface area (Å²) in [4.78, 5) is 0. The molecule has 0 aromatic heterocycles. The van der Waals surface area contributed by atoms with E-state index in [0.29, 0.717) is 6.61 Å². The van der Waals surface area contributed by atoms with Gasteiger partial charge in [0.15, 0.2) is 14.1 Å². The molecular formula is C17H32O4Si. The van der Waals surface area contributed by atoms with E-state index in [4.69, 9.17) is 13.9 Å². The van der Waals surface area contributed by atoms with Gasteiger partial charge in [-0.2, -0.15) is 0 Å².